The van der Waals surface area contributed by atoms with Gasteiger partial charge in [-0.05, 0) is 18.6 Å². The zero-order valence-electron chi connectivity index (χ0n) is 13.0. The van der Waals surface area contributed by atoms with Crippen LogP contribution in [-0.2, 0) is 4.74 Å². The summed E-state index contributed by atoms with van der Waals surface area (Å²) in [7, 11) is 0. The minimum Gasteiger partial charge on any atom is -0.507 e. The third-order valence-corrected chi connectivity index (χ3v) is 4.23. The second-order valence-electron chi connectivity index (χ2n) is 5.88. The van der Waals surface area contributed by atoms with Crippen molar-refractivity contribution in [1.29, 1.82) is 0 Å². The first-order valence-electron chi connectivity index (χ1n) is 7.57. The number of aliphatic hydroxyl groups is 3. The van der Waals surface area contributed by atoms with E-state index in [0.29, 0.717) is 5.56 Å². The van der Waals surface area contributed by atoms with Gasteiger partial charge in [-0.15, -0.1) is 0 Å². The lowest BCUT2D eigenvalue weighted by Crippen LogP contribution is -2.35. The van der Waals surface area contributed by atoms with Crippen LogP contribution in [0.2, 0.25) is 0 Å². The van der Waals surface area contributed by atoms with Crippen LogP contribution in [0.5, 0.6) is 5.75 Å². The van der Waals surface area contributed by atoms with Crippen molar-refractivity contribution in [1.82, 2.24) is 4.57 Å². The van der Waals surface area contributed by atoms with E-state index in [1.165, 1.54) is 12.3 Å². The predicted octanol–water partition coefficient (Wildman–Crippen LogP) is 0.141. The van der Waals surface area contributed by atoms with Crippen LogP contribution in [0.3, 0.4) is 0 Å². The molecule has 128 valence electrons. The third-order valence-electron chi connectivity index (χ3n) is 4.23. The Balaban J connectivity index is 2.07. The van der Waals surface area contributed by atoms with Gasteiger partial charge in [0.15, 0.2) is 6.23 Å². The lowest BCUT2D eigenvalue weighted by atomic mass is 10.0. The van der Waals surface area contributed by atoms with Crippen molar-refractivity contribution in [3.8, 4) is 16.9 Å². The number of hydrogen-bond donors (Lipinski definition) is 4. The molecule has 7 nitrogen and oxygen atoms in total. The van der Waals surface area contributed by atoms with Gasteiger partial charge >= 0.3 is 0 Å². The van der Waals surface area contributed by atoms with Crippen LogP contribution in [0.15, 0.2) is 41.3 Å². The van der Waals surface area contributed by atoms with E-state index in [9.17, 15) is 20.1 Å². The molecule has 4 N–H and O–H groups in total. The molecule has 0 spiro atoms. The van der Waals surface area contributed by atoms with Gasteiger partial charge < -0.3 is 25.2 Å². The molecule has 0 amide bonds. The van der Waals surface area contributed by atoms with Crippen LogP contribution in [0, 0.1) is 6.92 Å². The van der Waals surface area contributed by atoms with E-state index in [4.69, 9.17) is 9.84 Å². The number of aromatic nitrogens is 1. The van der Waals surface area contributed by atoms with Crippen molar-refractivity contribution in [3.05, 3.63) is 52.4 Å². The van der Waals surface area contributed by atoms with Crippen LogP contribution < -0.4 is 5.56 Å². The second kappa shape index (κ2) is 6.37. The molecular weight excluding hydrogens is 314 g/mol. The normalized spacial score (nSPS) is 26.7. The zero-order chi connectivity index (χ0) is 17.4. The van der Waals surface area contributed by atoms with Gasteiger partial charge in [0.2, 0.25) is 0 Å². The molecule has 1 aliphatic rings. The molecule has 0 radical (unpaired) electrons. The molecule has 1 aliphatic heterocycles. The molecule has 0 bridgehead atoms. The van der Waals surface area contributed by atoms with Gasteiger partial charge in [0.1, 0.15) is 24.1 Å². The quantitative estimate of drug-likeness (QED) is 0.636. The highest BCUT2D eigenvalue weighted by Gasteiger charge is 2.43. The topological polar surface area (TPSA) is 112 Å². The average Bonchev–Trinajstić information content (AvgIpc) is 2.85. The maximum absolute atomic E-state index is 12.8. The lowest BCUT2D eigenvalue weighted by molar-refractivity contribution is -0.0543. The predicted molar refractivity (Wildman–Crippen MR) is 85.5 cm³/mol. The molecule has 24 heavy (non-hydrogen) atoms. The maximum Gasteiger partial charge on any atom is 0.264 e. The van der Waals surface area contributed by atoms with Crippen molar-refractivity contribution in [2.75, 3.05) is 6.61 Å². The summed E-state index contributed by atoms with van der Waals surface area (Å²) in [6.07, 6.45) is -3.50. The summed E-state index contributed by atoms with van der Waals surface area (Å²) in [6.45, 7) is 1.43. The summed E-state index contributed by atoms with van der Waals surface area (Å²) >= 11 is 0. The first-order valence-corrected chi connectivity index (χ1v) is 7.57. The number of ether oxygens (including phenoxy) is 1. The highest BCUT2D eigenvalue weighted by Crippen LogP contribution is 2.31. The summed E-state index contributed by atoms with van der Waals surface area (Å²) in [6, 6.07) is 8.39. The van der Waals surface area contributed by atoms with E-state index in [1.807, 2.05) is 19.1 Å². The number of aromatic hydroxyl groups is 1. The molecular formula is C17H19NO6. The Kier molecular flexibility index (Phi) is 4.42. The van der Waals surface area contributed by atoms with Crippen LogP contribution >= 0.6 is 0 Å². The van der Waals surface area contributed by atoms with Crippen LogP contribution in [-0.4, -0.2) is 49.9 Å². The summed E-state index contributed by atoms with van der Waals surface area (Å²) in [5.41, 5.74) is 1.06. The summed E-state index contributed by atoms with van der Waals surface area (Å²) < 4.78 is 6.49. The number of aliphatic hydroxyl groups excluding tert-OH is 3. The molecule has 7 heteroatoms. The zero-order valence-corrected chi connectivity index (χ0v) is 13.0. The Morgan fingerprint density at radius 3 is 2.38 bits per heavy atom. The van der Waals surface area contributed by atoms with E-state index in [1.54, 1.807) is 12.1 Å². The van der Waals surface area contributed by atoms with Crippen LogP contribution in [0.25, 0.3) is 11.1 Å². The second-order valence-corrected chi connectivity index (χ2v) is 5.88. The maximum atomic E-state index is 12.8. The van der Waals surface area contributed by atoms with E-state index in [0.717, 1.165) is 10.1 Å². The Morgan fingerprint density at radius 2 is 1.79 bits per heavy atom. The minimum atomic E-state index is -1.37. The summed E-state index contributed by atoms with van der Waals surface area (Å²) in [5.74, 6) is -0.188. The molecule has 0 aliphatic carbocycles. The first kappa shape index (κ1) is 16.7. The van der Waals surface area contributed by atoms with Crippen molar-refractivity contribution in [2.24, 2.45) is 0 Å². The lowest BCUT2D eigenvalue weighted by Gasteiger charge is -2.19. The number of aryl methyl sites for hydroxylation is 1. The van der Waals surface area contributed by atoms with Gasteiger partial charge in [0.05, 0.1) is 12.2 Å². The van der Waals surface area contributed by atoms with Crippen molar-refractivity contribution in [2.45, 2.75) is 31.5 Å². The summed E-state index contributed by atoms with van der Waals surface area (Å²) in [5, 5.41) is 39.2. The highest BCUT2D eigenvalue weighted by atomic mass is 16.6. The van der Waals surface area contributed by atoms with E-state index >= 15 is 0 Å². The SMILES string of the molecule is Cc1ccc(-c2c(O)ccn(C3OC(CO)C(O)C3O)c2=O)cc1. The molecule has 1 saturated heterocycles. The Morgan fingerprint density at radius 1 is 1.12 bits per heavy atom. The largest absolute Gasteiger partial charge is 0.507 e. The average molecular weight is 333 g/mol. The molecule has 0 saturated carbocycles. The smallest absolute Gasteiger partial charge is 0.264 e. The number of rotatable bonds is 3. The van der Waals surface area contributed by atoms with E-state index < -0.39 is 36.7 Å². The number of hydrogen-bond acceptors (Lipinski definition) is 6. The molecule has 1 aromatic carbocycles. The monoisotopic (exact) mass is 333 g/mol. The Hall–Kier alpha value is -2.19. The fourth-order valence-corrected chi connectivity index (χ4v) is 2.84. The number of benzene rings is 1. The van der Waals surface area contributed by atoms with Gasteiger partial charge in [-0.2, -0.15) is 0 Å². The minimum absolute atomic E-state index is 0.0789. The fourth-order valence-electron chi connectivity index (χ4n) is 2.84. The van der Waals surface area contributed by atoms with Crippen molar-refractivity contribution < 1.29 is 25.2 Å². The van der Waals surface area contributed by atoms with Gasteiger partial charge in [-0.25, -0.2) is 0 Å². The molecule has 1 aromatic heterocycles. The van der Waals surface area contributed by atoms with Crippen LogP contribution in [0.1, 0.15) is 11.8 Å². The molecule has 4 unspecified atom stereocenters. The van der Waals surface area contributed by atoms with Gasteiger partial charge in [0.25, 0.3) is 5.56 Å². The fraction of sp³-hybridized carbons (Fsp3) is 0.353. The first-order chi connectivity index (χ1) is 11.4. The molecule has 2 heterocycles. The molecule has 2 aromatic rings. The molecule has 3 rings (SSSR count). The Labute approximate surface area is 138 Å². The third kappa shape index (κ3) is 2.71. The van der Waals surface area contributed by atoms with E-state index in [2.05, 4.69) is 0 Å². The van der Waals surface area contributed by atoms with Crippen LogP contribution in [0.4, 0.5) is 0 Å². The Bertz CT molecular complexity index is 785. The van der Waals surface area contributed by atoms with Gasteiger partial charge in [0, 0.05) is 6.20 Å². The van der Waals surface area contributed by atoms with Crippen molar-refractivity contribution in [3.63, 3.8) is 0 Å². The van der Waals surface area contributed by atoms with Gasteiger partial charge in [-0.3, -0.25) is 9.36 Å². The number of pyridine rings is 1. The standard InChI is InChI=1S/C17H19NO6/c1-9-2-4-10(5-3-9)13-11(20)6-7-18(16(13)23)17-15(22)14(21)12(8-19)24-17/h2-7,12,14-15,17,19-22H,8H2,1H3. The summed E-state index contributed by atoms with van der Waals surface area (Å²) in [4.78, 5) is 12.8. The molecule has 1 fully saturated rings. The highest BCUT2D eigenvalue weighted by molar-refractivity contribution is 5.69. The van der Waals surface area contributed by atoms with Crippen molar-refractivity contribution >= 4 is 0 Å². The van der Waals surface area contributed by atoms with E-state index in [-0.39, 0.29) is 11.3 Å². The number of nitrogens with zero attached hydrogens (tertiary/aromatic N) is 1. The van der Waals surface area contributed by atoms with Gasteiger partial charge in [-0.1, -0.05) is 29.8 Å². The molecule has 4 atom stereocenters.